The summed E-state index contributed by atoms with van der Waals surface area (Å²) in [6.45, 7) is 2.22. The molecule has 3 fully saturated rings. The molecule has 0 aromatic rings. The summed E-state index contributed by atoms with van der Waals surface area (Å²) in [6.07, 6.45) is 18.1. The van der Waals surface area contributed by atoms with E-state index in [2.05, 4.69) is 5.32 Å². The number of ether oxygens (including phenoxy) is 1. The van der Waals surface area contributed by atoms with Gasteiger partial charge < -0.3 is 10.1 Å². The normalized spacial score (nSPS) is 30.9. The van der Waals surface area contributed by atoms with Crippen LogP contribution in [0.2, 0.25) is 0 Å². The van der Waals surface area contributed by atoms with E-state index in [0.29, 0.717) is 0 Å². The van der Waals surface area contributed by atoms with Crippen molar-refractivity contribution in [3.63, 3.8) is 0 Å². The van der Waals surface area contributed by atoms with Crippen molar-refractivity contribution in [2.75, 3.05) is 13.2 Å². The van der Waals surface area contributed by atoms with Crippen LogP contribution in [0.15, 0.2) is 0 Å². The molecule has 0 radical (unpaired) electrons. The van der Waals surface area contributed by atoms with Crippen LogP contribution >= 0.6 is 0 Å². The maximum absolute atomic E-state index is 6.18. The summed E-state index contributed by atoms with van der Waals surface area (Å²) in [5, 5.41) is 3.84. The Morgan fingerprint density at radius 2 is 1.75 bits per heavy atom. The lowest BCUT2D eigenvalue weighted by molar-refractivity contribution is -0.109. The zero-order valence-electron chi connectivity index (χ0n) is 13.2. The monoisotopic (exact) mass is 279 g/mol. The molecule has 0 aromatic carbocycles. The van der Waals surface area contributed by atoms with Gasteiger partial charge in [-0.3, -0.25) is 0 Å². The molecule has 2 heteroatoms. The topological polar surface area (TPSA) is 21.3 Å². The van der Waals surface area contributed by atoms with E-state index in [4.69, 9.17) is 4.74 Å². The molecular formula is C18H33NO. The second-order valence-electron chi connectivity index (χ2n) is 7.53. The highest BCUT2D eigenvalue weighted by Gasteiger charge is 2.38. The summed E-state index contributed by atoms with van der Waals surface area (Å²) in [7, 11) is 0. The predicted molar refractivity (Wildman–Crippen MR) is 84.0 cm³/mol. The Labute approximate surface area is 125 Å². The van der Waals surface area contributed by atoms with Gasteiger partial charge in [0.05, 0.1) is 5.60 Å². The van der Waals surface area contributed by atoms with Crippen molar-refractivity contribution in [3.05, 3.63) is 0 Å². The van der Waals surface area contributed by atoms with E-state index in [1.807, 2.05) is 0 Å². The van der Waals surface area contributed by atoms with E-state index >= 15 is 0 Å². The van der Waals surface area contributed by atoms with Gasteiger partial charge in [-0.15, -0.1) is 0 Å². The Morgan fingerprint density at radius 3 is 2.55 bits per heavy atom. The van der Waals surface area contributed by atoms with Crippen LogP contribution in [0.4, 0.5) is 0 Å². The Kier molecular flexibility index (Phi) is 5.39. The Balaban J connectivity index is 1.34. The Bertz CT molecular complexity index is 274. The first-order valence-electron chi connectivity index (χ1n) is 9.24. The summed E-state index contributed by atoms with van der Waals surface area (Å²) in [6, 6.07) is 0.727. The highest BCUT2D eigenvalue weighted by molar-refractivity contribution is 4.92. The average Bonchev–Trinajstić information content (AvgIpc) is 2.98. The number of rotatable bonds is 5. The summed E-state index contributed by atoms with van der Waals surface area (Å²) in [5.41, 5.74) is 0.264. The molecule has 1 aliphatic heterocycles. The lowest BCUT2D eigenvalue weighted by Gasteiger charge is -2.43. The molecule has 3 aliphatic rings. The van der Waals surface area contributed by atoms with Crippen molar-refractivity contribution in [2.45, 2.75) is 95.1 Å². The Hall–Kier alpha value is -0.0800. The molecule has 0 amide bonds. The summed E-state index contributed by atoms with van der Waals surface area (Å²) in [5.74, 6) is 1.05. The van der Waals surface area contributed by atoms with Gasteiger partial charge in [-0.05, 0) is 51.0 Å². The molecule has 1 N–H and O–H groups in total. The summed E-state index contributed by atoms with van der Waals surface area (Å²) >= 11 is 0. The highest BCUT2D eigenvalue weighted by Crippen LogP contribution is 2.38. The van der Waals surface area contributed by atoms with Gasteiger partial charge in [-0.1, -0.05) is 44.9 Å². The van der Waals surface area contributed by atoms with Gasteiger partial charge in [0.1, 0.15) is 0 Å². The smallest absolute Gasteiger partial charge is 0.0697 e. The van der Waals surface area contributed by atoms with Crippen LogP contribution < -0.4 is 5.32 Å². The van der Waals surface area contributed by atoms with Crippen LogP contribution in [-0.2, 0) is 4.74 Å². The molecule has 1 unspecified atom stereocenters. The second-order valence-corrected chi connectivity index (χ2v) is 7.53. The fourth-order valence-electron chi connectivity index (χ4n) is 4.74. The van der Waals surface area contributed by atoms with Gasteiger partial charge in [0.25, 0.3) is 0 Å². The molecule has 0 aromatic heterocycles. The number of hydrogen-bond donors (Lipinski definition) is 1. The molecule has 2 saturated carbocycles. The van der Waals surface area contributed by atoms with Crippen LogP contribution in [0.3, 0.4) is 0 Å². The van der Waals surface area contributed by atoms with Crippen molar-refractivity contribution >= 4 is 0 Å². The molecule has 2 aliphatic carbocycles. The van der Waals surface area contributed by atoms with Gasteiger partial charge in [0, 0.05) is 12.6 Å². The van der Waals surface area contributed by atoms with Gasteiger partial charge in [0.2, 0.25) is 0 Å². The van der Waals surface area contributed by atoms with Crippen molar-refractivity contribution in [1.29, 1.82) is 0 Å². The number of nitrogens with one attached hydrogen (secondary N) is 1. The molecule has 1 spiro atoms. The SMILES string of the molecule is C1CCC2(CC1)CC(NCCCC1CCCC1)CCO2. The van der Waals surface area contributed by atoms with Crippen LogP contribution in [0, 0.1) is 5.92 Å². The van der Waals surface area contributed by atoms with E-state index < -0.39 is 0 Å². The minimum absolute atomic E-state index is 0.264. The van der Waals surface area contributed by atoms with Gasteiger partial charge in [-0.2, -0.15) is 0 Å². The zero-order chi connectivity index (χ0) is 13.7. The standard InChI is InChI=1S/C18H33NO/c1-4-11-18(12-5-1)15-17(10-14-20-18)19-13-6-9-16-7-2-3-8-16/h16-17,19H,1-15H2. The van der Waals surface area contributed by atoms with E-state index in [9.17, 15) is 0 Å². The fourth-order valence-corrected chi connectivity index (χ4v) is 4.74. The molecule has 116 valence electrons. The van der Waals surface area contributed by atoms with E-state index in [1.165, 1.54) is 90.0 Å². The van der Waals surface area contributed by atoms with Gasteiger partial charge in [-0.25, -0.2) is 0 Å². The van der Waals surface area contributed by atoms with Crippen LogP contribution in [0.25, 0.3) is 0 Å². The fraction of sp³-hybridized carbons (Fsp3) is 1.00. The van der Waals surface area contributed by atoms with Crippen LogP contribution in [0.1, 0.15) is 83.5 Å². The summed E-state index contributed by atoms with van der Waals surface area (Å²) < 4.78 is 6.18. The van der Waals surface area contributed by atoms with Crippen molar-refractivity contribution < 1.29 is 4.74 Å². The number of hydrogen-bond acceptors (Lipinski definition) is 2. The van der Waals surface area contributed by atoms with Gasteiger partial charge >= 0.3 is 0 Å². The maximum Gasteiger partial charge on any atom is 0.0697 e. The second kappa shape index (κ2) is 7.26. The molecule has 0 bridgehead atoms. The third kappa shape index (κ3) is 3.98. The van der Waals surface area contributed by atoms with E-state index in [0.717, 1.165) is 18.6 Å². The van der Waals surface area contributed by atoms with Gasteiger partial charge in [0.15, 0.2) is 0 Å². The maximum atomic E-state index is 6.18. The van der Waals surface area contributed by atoms with E-state index in [-0.39, 0.29) is 5.60 Å². The van der Waals surface area contributed by atoms with Crippen molar-refractivity contribution in [2.24, 2.45) is 5.92 Å². The quantitative estimate of drug-likeness (QED) is 0.752. The molecular weight excluding hydrogens is 246 g/mol. The minimum Gasteiger partial charge on any atom is -0.375 e. The third-order valence-corrected chi connectivity index (χ3v) is 5.95. The molecule has 1 saturated heterocycles. The zero-order valence-corrected chi connectivity index (χ0v) is 13.2. The first kappa shape index (κ1) is 14.8. The molecule has 1 heterocycles. The molecule has 2 nitrogen and oxygen atoms in total. The lowest BCUT2D eigenvalue weighted by atomic mass is 9.78. The van der Waals surface area contributed by atoms with E-state index in [1.54, 1.807) is 0 Å². The van der Waals surface area contributed by atoms with Crippen LogP contribution in [0.5, 0.6) is 0 Å². The minimum atomic E-state index is 0.264. The molecule has 1 atom stereocenters. The molecule has 20 heavy (non-hydrogen) atoms. The average molecular weight is 279 g/mol. The molecule has 3 rings (SSSR count). The first-order chi connectivity index (χ1) is 9.86. The van der Waals surface area contributed by atoms with Crippen molar-refractivity contribution in [3.8, 4) is 0 Å². The van der Waals surface area contributed by atoms with Crippen LogP contribution in [-0.4, -0.2) is 24.8 Å². The predicted octanol–water partition coefficient (Wildman–Crippen LogP) is 4.43. The Morgan fingerprint density at radius 1 is 0.950 bits per heavy atom. The summed E-state index contributed by atoms with van der Waals surface area (Å²) in [4.78, 5) is 0. The van der Waals surface area contributed by atoms with Crippen molar-refractivity contribution in [1.82, 2.24) is 5.32 Å². The highest BCUT2D eigenvalue weighted by atomic mass is 16.5. The first-order valence-corrected chi connectivity index (χ1v) is 9.24. The lowest BCUT2D eigenvalue weighted by Crippen LogP contribution is -2.48. The third-order valence-electron chi connectivity index (χ3n) is 5.95. The largest absolute Gasteiger partial charge is 0.375 e.